The molecule has 0 aliphatic carbocycles. The van der Waals surface area contributed by atoms with E-state index in [9.17, 15) is 0 Å². The van der Waals surface area contributed by atoms with Crippen LogP contribution >= 0.6 is 0 Å². The molecule has 1 saturated heterocycles. The summed E-state index contributed by atoms with van der Waals surface area (Å²) in [5.41, 5.74) is 4.55. The molecule has 1 aliphatic rings. The molecular formula is C32H27BO3. The molecule has 5 aromatic carbocycles. The van der Waals surface area contributed by atoms with Gasteiger partial charge in [-0.15, -0.1) is 0 Å². The molecule has 3 nitrogen and oxygen atoms in total. The van der Waals surface area contributed by atoms with Crippen LogP contribution in [0.3, 0.4) is 0 Å². The van der Waals surface area contributed by atoms with Crippen LogP contribution in [-0.4, -0.2) is 18.3 Å². The Bertz CT molecular complexity index is 1800. The molecule has 2 heterocycles. The highest BCUT2D eigenvalue weighted by molar-refractivity contribution is 6.62. The summed E-state index contributed by atoms with van der Waals surface area (Å²) in [6.07, 6.45) is 0. The Hall–Kier alpha value is -3.60. The highest BCUT2D eigenvalue weighted by Gasteiger charge is 2.51. The Balaban J connectivity index is 1.34. The van der Waals surface area contributed by atoms with E-state index in [1.165, 1.54) is 27.3 Å². The molecule has 0 unspecified atom stereocenters. The first-order chi connectivity index (χ1) is 17.3. The smallest absolute Gasteiger partial charge is 0.455 e. The second-order valence-electron chi connectivity index (χ2n) is 10.9. The molecule has 6 aromatic rings. The molecule has 0 radical (unpaired) electrons. The number of hydrogen-bond acceptors (Lipinski definition) is 3. The first-order valence-corrected chi connectivity index (χ1v) is 12.5. The van der Waals surface area contributed by atoms with E-state index < -0.39 is 0 Å². The molecule has 4 heteroatoms. The molecule has 0 atom stereocenters. The van der Waals surface area contributed by atoms with Gasteiger partial charge in [-0.25, -0.2) is 0 Å². The van der Waals surface area contributed by atoms with Crippen LogP contribution in [0.4, 0.5) is 0 Å². The predicted molar refractivity (Wildman–Crippen MR) is 150 cm³/mol. The van der Waals surface area contributed by atoms with Crippen molar-refractivity contribution in [2.24, 2.45) is 0 Å². The zero-order valence-corrected chi connectivity index (χ0v) is 21.0. The van der Waals surface area contributed by atoms with Gasteiger partial charge >= 0.3 is 7.12 Å². The van der Waals surface area contributed by atoms with Crippen LogP contribution < -0.4 is 5.46 Å². The van der Waals surface area contributed by atoms with Crippen LogP contribution in [0.5, 0.6) is 0 Å². The van der Waals surface area contributed by atoms with Crippen molar-refractivity contribution in [3.63, 3.8) is 0 Å². The van der Waals surface area contributed by atoms with Gasteiger partial charge in [-0.2, -0.15) is 0 Å². The zero-order chi connectivity index (χ0) is 24.7. The van der Waals surface area contributed by atoms with E-state index in [0.717, 1.165) is 32.8 Å². The van der Waals surface area contributed by atoms with Crippen LogP contribution in [0.1, 0.15) is 27.7 Å². The molecule has 0 N–H and O–H groups in total. The average Bonchev–Trinajstić information content (AvgIpc) is 3.36. The average molecular weight is 470 g/mol. The summed E-state index contributed by atoms with van der Waals surface area (Å²) >= 11 is 0. The summed E-state index contributed by atoms with van der Waals surface area (Å²) < 4.78 is 18.9. The number of fused-ring (bicyclic) bond motifs is 6. The van der Waals surface area contributed by atoms with Crippen LogP contribution in [0.15, 0.2) is 95.4 Å². The summed E-state index contributed by atoms with van der Waals surface area (Å²) in [4.78, 5) is 0. The van der Waals surface area contributed by atoms with Gasteiger partial charge in [0, 0.05) is 16.2 Å². The fourth-order valence-electron chi connectivity index (χ4n) is 5.35. The van der Waals surface area contributed by atoms with Gasteiger partial charge in [0.1, 0.15) is 11.2 Å². The van der Waals surface area contributed by atoms with E-state index in [0.29, 0.717) is 0 Å². The van der Waals surface area contributed by atoms with Crippen molar-refractivity contribution in [3.8, 4) is 11.1 Å². The Labute approximate surface area is 210 Å². The third kappa shape index (κ3) is 3.15. The van der Waals surface area contributed by atoms with E-state index in [-0.39, 0.29) is 18.3 Å². The maximum atomic E-state index is 6.39. The summed E-state index contributed by atoms with van der Waals surface area (Å²) in [5.74, 6) is 0. The SMILES string of the molecule is CC1(C)OB(c2ccc3cc(-c4cccc5oc6c7ccccc7ccc6c45)ccc3c2)OC1(C)C. The van der Waals surface area contributed by atoms with E-state index >= 15 is 0 Å². The summed E-state index contributed by atoms with van der Waals surface area (Å²) in [5, 5.41) is 6.99. The van der Waals surface area contributed by atoms with Gasteiger partial charge in [-0.3, -0.25) is 0 Å². The van der Waals surface area contributed by atoms with Crippen molar-refractivity contribution < 1.29 is 13.7 Å². The maximum absolute atomic E-state index is 6.39. The van der Waals surface area contributed by atoms with Crippen molar-refractivity contribution >= 4 is 56.1 Å². The molecule has 0 saturated carbocycles. The summed E-state index contributed by atoms with van der Waals surface area (Å²) in [6, 6.07) is 32.2. The lowest BCUT2D eigenvalue weighted by Gasteiger charge is -2.32. The van der Waals surface area contributed by atoms with Gasteiger partial charge in [0.25, 0.3) is 0 Å². The number of hydrogen-bond donors (Lipinski definition) is 0. The van der Waals surface area contributed by atoms with E-state index in [1.54, 1.807) is 0 Å². The summed E-state index contributed by atoms with van der Waals surface area (Å²) in [6.45, 7) is 8.35. The second-order valence-corrected chi connectivity index (χ2v) is 10.9. The molecule has 1 fully saturated rings. The Morgan fingerprint density at radius 3 is 2.17 bits per heavy atom. The van der Waals surface area contributed by atoms with Crippen LogP contribution in [-0.2, 0) is 9.31 Å². The Morgan fingerprint density at radius 2 is 1.33 bits per heavy atom. The zero-order valence-electron chi connectivity index (χ0n) is 21.0. The molecule has 0 spiro atoms. The fourth-order valence-corrected chi connectivity index (χ4v) is 5.35. The standard InChI is InChI=1S/C32H27BO3/c1-31(2)32(3,4)36-33(35-31)24-16-14-21-18-23(13-12-22(21)19-24)25-10-7-11-28-29(25)27-17-15-20-8-5-6-9-26(20)30(27)34-28/h5-19H,1-4H3. The van der Waals surface area contributed by atoms with Crippen molar-refractivity contribution in [1.82, 2.24) is 0 Å². The molecular weight excluding hydrogens is 443 g/mol. The van der Waals surface area contributed by atoms with E-state index in [4.69, 9.17) is 13.7 Å². The fraction of sp³-hybridized carbons (Fsp3) is 0.188. The van der Waals surface area contributed by atoms with Gasteiger partial charge in [0.15, 0.2) is 0 Å². The topological polar surface area (TPSA) is 31.6 Å². The van der Waals surface area contributed by atoms with Crippen LogP contribution in [0, 0.1) is 0 Å². The monoisotopic (exact) mass is 470 g/mol. The second kappa shape index (κ2) is 7.46. The third-order valence-corrected chi connectivity index (χ3v) is 8.09. The van der Waals surface area contributed by atoms with Crippen molar-refractivity contribution in [2.45, 2.75) is 38.9 Å². The van der Waals surface area contributed by atoms with Crippen molar-refractivity contribution in [1.29, 1.82) is 0 Å². The first kappa shape index (κ1) is 21.7. The molecule has 176 valence electrons. The van der Waals surface area contributed by atoms with Gasteiger partial charge in [0.05, 0.1) is 11.2 Å². The van der Waals surface area contributed by atoms with E-state index in [1.807, 2.05) is 0 Å². The molecule has 7 rings (SSSR count). The lowest BCUT2D eigenvalue weighted by Crippen LogP contribution is -2.41. The lowest BCUT2D eigenvalue weighted by molar-refractivity contribution is 0.00578. The minimum absolute atomic E-state index is 0.353. The van der Waals surface area contributed by atoms with E-state index in [2.05, 4.69) is 119 Å². The van der Waals surface area contributed by atoms with Gasteiger partial charge in [0.2, 0.25) is 0 Å². The predicted octanol–water partition coefficient (Wildman–Crippen LogP) is 7.86. The normalized spacial score (nSPS) is 17.1. The quantitative estimate of drug-likeness (QED) is 0.242. The highest BCUT2D eigenvalue weighted by Crippen LogP contribution is 2.40. The third-order valence-electron chi connectivity index (χ3n) is 8.09. The van der Waals surface area contributed by atoms with Crippen LogP contribution in [0.25, 0.3) is 54.6 Å². The summed E-state index contributed by atoms with van der Waals surface area (Å²) in [7, 11) is -0.361. The minimum Gasteiger partial charge on any atom is -0.455 e. The van der Waals surface area contributed by atoms with Crippen molar-refractivity contribution in [2.75, 3.05) is 0 Å². The minimum atomic E-state index is -0.361. The molecule has 1 aromatic heterocycles. The number of rotatable bonds is 2. The van der Waals surface area contributed by atoms with Crippen molar-refractivity contribution in [3.05, 3.63) is 91.0 Å². The number of furan rings is 1. The Kier molecular flexibility index (Phi) is 4.49. The van der Waals surface area contributed by atoms with Gasteiger partial charge < -0.3 is 13.7 Å². The molecule has 0 bridgehead atoms. The first-order valence-electron chi connectivity index (χ1n) is 12.5. The maximum Gasteiger partial charge on any atom is 0.494 e. The molecule has 0 amide bonds. The Morgan fingerprint density at radius 1 is 0.611 bits per heavy atom. The lowest BCUT2D eigenvalue weighted by atomic mass is 9.78. The van der Waals surface area contributed by atoms with Crippen LogP contribution in [0.2, 0.25) is 0 Å². The molecule has 36 heavy (non-hydrogen) atoms. The van der Waals surface area contributed by atoms with Gasteiger partial charge in [-0.1, -0.05) is 72.8 Å². The highest BCUT2D eigenvalue weighted by atomic mass is 16.7. The molecule has 1 aliphatic heterocycles. The van der Waals surface area contributed by atoms with Gasteiger partial charge in [-0.05, 0) is 78.6 Å². The number of benzene rings is 5. The largest absolute Gasteiger partial charge is 0.494 e.